The van der Waals surface area contributed by atoms with Crippen LogP contribution in [0.4, 0.5) is 5.69 Å². The summed E-state index contributed by atoms with van der Waals surface area (Å²) in [7, 11) is -2.98. The monoisotopic (exact) mass is 410 g/mol. The first-order valence-electron chi connectivity index (χ1n) is 8.59. The van der Waals surface area contributed by atoms with Crippen LogP contribution in [0.3, 0.4) is 0 Å². The van der Waals surface area contributed by atoms with Gasteiger partial charge in [-0.15, -0.1) is 0 Å². The van der Waals surface area contributed by atoms with E-state index >= 15 is 0 Å². The highest BCUT2D eigenvalue weighted by Crippen LogP contribution is 2.35. The summed E-state index contributed by atoms with van der Waals surface area (Å²) < 4.78 is 23.3. The van der Waals surface area contributed by atoms with Crippen molar-refractivity contribution in [3.05, 3.63) is 29.3 Å². The molecule has 2 atom stereocenters. The van der Waals surface area contributed by atoms with Gasteiger partial charge >= 0.3 is 0 Å². The minimum absolute atomic E-state index is 0.0296. The van der Waals surface area contributed by atoms with Gasteiger partial charge in [-0.1, -0.05) is 17.8 Å². The Morgan fingerprint density at radius 1 is 1.22 bits per heavy atom. The molecule has 0 radical (unpaired) electrons. The molecule has 1 aromatic carbocycles. The second-order valence-electron chi connectivity index (χ2n) is 6.63. The molecule has 0 aliphatic carbocycles. The Morgan fingerprint density at radius 3 is 2.67 bits per heavy atom. The van der Waals surface area contributed by atoms with E-state index in [0.29, 0.717) is 23.8 Å². The van der Waals surface area contributed by atoms with Gasteiger partial charge in [-0.25, -0.2) is 8.42 Å². The van der Waals surface area contributed by atoms with Crippen LogP contribution in [0.1, 0.15) is 22.8 Å². The molecule has 1 aromatic rings. The van der Waals surface area contributed by atoms with Crippen molar-refractivity contribution in [2.75, 3.05) is 29.9 Å². The molecular weight excluding hydrogens is 388 g/mol. The number of carbonyl (C=O) groups is 2. The highest BCUT2D eigenvalue weighted by Gasteiger charge is 2.42. The molecule has 3 rings (SSSR count). The maximum absolute atomic E-state index is 12.3. The topological polar surface area (TPSA) is 117 Å². The first-order valence-corrected chi connectivity index (χ1v) is 11.3. The molecule has 10 heteroatoms. The SMILES string of the molecule is CC(=O)NCCNC(=O)c1ccc(C)c(NC2=N[C@@H]3CS(=O)(=O)C[C@H]3S2)c1. The molecule has 0 saturated carbocycles. The van der Waals surface area contributed by atoms with E-state index in [4.69, 9.17) is 0 Å². The molecule has 0 spiro atoms. The minimum atomic E-state index is -2.98. The van der Waals surface area contributed by atoms with Gasteiger partial charge in [0, 0.05) is 36.5 Å². The fraction of sp³-hybridized carbons (Fsp3) is 0.471. The number of aliphatic imine (C=N–C) groups is 1. The van der Waals surface area contributed by atoms with Gasteiger partial charge in [0.25, 0.3) is 5.91 Å². The lowest BCUT2D eigenvalue weighted by molar-refractivity contribution is -0.118. The second-order valence-corrected chi connectivity index (χ2v) is 10.0. The maximum atomic E-state index is 12.3. The average Bonchev–Trinajstić information content (AvgIpc) is 3.05. The zero-order valence-corrected chi connectivity index (χ0v) is 16.7. The molecule has 3 N–H and O–H groups in total. The van der Waals surface area contributed by atoms with E-state index in [1.807, 2.05) is 13.0 Å². The molecule has 0 aromatic heterocycles. The number of aryl methyl sites for hydroxylation is 1. The smallest absolute Gasteiger partial charge is 0.251 e. The van der Waals surface area contributed by atoms with Crippen LogP contribution in [0.2, 0.25) is 0 Å². The summed E-state index contributed by atoms with van der Waals surface area (Å²) in [6.07, 6.45) is 0. The molecular formula is C17H22N4O4S2. The third-order valence-corrected chi connectivity index (χ3v) is 7.49. The Labute approximate surface area is 162 Å². The van der Waals surface area contributed by atoms with Crippen LogP contribution in [-0.2, 0) is 14.6 Å². The Hall–Kier alpha value is -2.07. The van der Waals surface area contributed by atoms with Gasteiger partial charge in [0.05, 0.1) is 17.5 Å². The van der Waals surface area contributed by atoms with Gasteiger partial charge in [0.2, 0.25) is 5.91 Å². The average molecular weight is 411 g/mol. The van der Waals surface area contributed by atoms with Crippen molar-refractivity contribution in [2.24, 2.45) is 4.99 Å². The van der Waals surface area contributed by atoms with E-state index < -0.39 is 9.84 Å². The number of hydrogen-bond acceptors (Lipinski definition) is 7. The van der Waals surface area contributed by atoms with Crippen molar-refractivity contribution in [3.63, 3.8) is 0 Å². The van der Waals surface area contributed by atoms with Crippen LogP contribution in [0, 0.1) is 6.92 Å². The molecule has 27 heavy (non-hydrogen) atoms. The number of sulfone groups is 1. The third kappa shape index (κ3) is 5.01. The predicted octanol–water partition coefficient (Wildman–Crippen LogP) is 0.541. The second kappa shape index (κ2) is 7.89. The predicted molar refractivity (Wildman–Crippen MR) is 107 cm³/mol. The van der Waals surface area contributed by atoms with Crippen molar-refractivity contribution < 1.29 is 18.0 Å². The van der Waals surface area contributed by atoms with Gasteiger partial charge in [-0.05, 0) is 24.6 Å². The van der Waals surface area contributed by atoms with Gasteiger partial charge in [0.1, 0.15) is 0 Å². The normalized spacial score (nSPS) is 22.7. The number of nitrogens with one attached hydrogen (secondary N) is 3. The zero-order chi connectivity index (χ0) is 19.6. The molecule has 2 aliphatic rings. The lowest BCUT2D eigenvalue weighted by atomic mass is 10.1. The molecule has 0 bridgehead atoms. The number of amidine groups is 1. The fourth-order valence-corrected chi connectivity index (χ4v) is 6.61. The minimum Gasteiger partial charge on any atom is -0.355 e. The molecule has 146 valence electrons. The standard InChI is InChI=1S/C17H22N4O4S2/c1-10-3-4-12(16(23)19-6-5-18-11(2)22)7-13(10)20-17-21-14-8-27(24,25)9-15(14)26-17/h3-4,7,14-15H,5-6,8-9H2,1-2H3,(H,18,22)(H,19,23)(H,20,21)/t14-,15-/m1/s1. The van der Waals surface area contributed by atoms with E-state index in [-0.39, 0.29) is 34.6 Å². The van der Waals surface area contributed by atoms with Crippen molar-refractivity contribution in [1.29, 1.82) is 0 Å². The molecule has 1 fully saturated rings. The highest BCUT2D eigenvalue weighted by molar-refractivity contribution is 8.15. The summed E-state index contributed by atoms with van der Waals surface area (Å²) in [5.74, 6) is -0.107. The van der Waals surface area contributed by atoms with Crippen molar-refractivity contribution >= 4 is 44.3 Å². The van der Waals surface area contributed by atoms with Crippen LogP contribution >= 0.6 is 11.8 Å². The molecule has 2 amide bonds. The molecule has 2 aliphatic heterocycles. The largest absolute Gasteiger partial charge is 0.355 e. The van der Waals surface area contributed by atoms with Crippen LogP contribution in [0.5, 0.6) is 0 Å². The number of carbonyl (C=O) groups excluding carboxylic acids is 2. The summed E-state index contributed by atoms with van der Waals surface area (Å²) in [5, 5.41) is 9.25. The first kappa shape index (κ1) is 19.7. The summed E-state index contributed by atoms with van der Waals surface area (Å²) in [4.78, 5) is 27.6. The maximum Gasteiger partial charge on any atom is 0.251 e. The zero-order valence-electron chi connectivity index (χ0n) is 15.1. The number of anilines is 1. The highest BCUT2D eigenvalue weighted by atomic mass is 32.2. The van der Waals surface area contributed by atoms with E-state index in [1.54, 1.807) is 12.1 Å². The van der Waals surface area contributed by atoms with E-state index in [9.17, 15) is 18.0 Å². The lowest BCUT2D eigenvalue weighted by Gasteiger charge is -2.12. The number of rotatable bonds is 5. The van der Waals surface area contributed by atoms with Gasteiger partial charge in [-0.2, -0.15) is 0 Å². The van der Waals surface area contributed by atoms with Crippen molar-refractivity contribution in [2.45, 2.75) is 25.1 Å². The quantitative estimate of drug-likeness (QED) is 0.610. The van der Waals surface area contributed by atoms with Crippen molar-refractivity contribution in [1.82, 2.24) is 10.6 Å². The lowest BCUT2D eigenvalue weighted by Crippen LogP contribution is -2.33. The van der Waals surface area contributed by atoms with Crippen LogP contribution in [-0.4, -0.2) is 61.3 Å². The van der Waals surface area contributed by atoms with E-state index in [0.717, 1.165) is 11.3 Å². The third-order valence-electron chi connectivity index (χ3n) is 4.34. The molecule has 8 nitrogen and oxygen atoms in total. The van der Waals surface area contributed by atoms with Gasteiger partial charge in [-0.3, -0.25) is 14.6 Å². The Balaban J connectivity index is 1.62. The van der Waals surface area contributed by atoms with Gasteiger partial charge in [0.15, 0.2) is 15.0 Å². The summed E-state index contributed by atoms with van der Waals surface area (Å²) in [6, 6.07) is 5.13. The number of hydrogen-bond donors (Lipinski definition) is 3. The van der Waals surface area contributed by atoms with E-state index in [1.165, 1.54) is 18.7 Å². The first-order chi connectivity index (χ1) is 12.7. The van der Waals surface area contributed by atoms with Crippen LogP contribution < -0.4 is 16.0 Å². The number of fused-ring (bicyclic) bond motifs is 1. The molecule has 0 unspecified atom stereocenters. The number of nitrogens with zero attached hydrogens (tertiary/aromatic N) is 1. The van der Waals surface area contributed by atoms with Crippen molar-refractivity contribution in [3.8, 4) is 0 Å². The Morgan fingerprint density at radius 2 is 1.96 bits per heavy atom. The number of benzene rings is 1. The summed E-state index contributed by atoms with van der Waals surface area (Å²) in [6.45, 7) is 4.06. The summed E-state index contributed by atoms with van der Waals surface area (Å²) in [5.41, 5.74) is 2.22. The summed E-state index contributed by atoms with van der Waals surface area (Å²) >= 11 is 1.44. The Kier molecular flexibility index (Phi) is 5.75. The van der Waals surface area contributed by atoms with Gasteiger partial charge < -0.3 is 16.0 Å². The van der Waals surface area contributed by atoms with E-state index in [2.05, 4.69) is 20.9 Å². The number of amides is 2. The fourth-order valence-electron chi connectivity index (χ4n) is 2.95. The Bertz CT molecular complexity index is 898. The molecule has 1 saturated heterocycles. The van der Waals surface area contributed by atoms with Crippen LogP contribution in [0.25, 0.3) is 0 Å². The number of thioether (sulfide) groups is 1. The molecule has 2 heterocycles. The van der Waals surface area contributed by atoms with Crippen LogP contribution in [0.15, 0.2) is 23.2 Å².